The van der Waals surface area contributed by atoms with Crippen molar-refractivity contribution in [3.05, 3.63) is 29.8 Å². The summed E-state index contributed by atoms with van der Waals surface area (Å²) in [6, 6.07) is 8.87. The monoisotopic (exact) mass is 295 g/mol. The minimum atomic E-state index is 0.519. The van der Waals surface area contributed by atoms with Crippen LogP contribution in [-0.2, 0) is 6.42 Å². The van der Waals surface area contributed by atoms with E-state index in [1.807, 2.05) is 12.1 Å². The summed E-state index contributed by atoms with van der Waals surface area (Å²) in [5.41, 5.74) is 1.30. The van der Waals surface area contributed by atoms with Crippen molar-refractivity contribution < 1.29 is 4.74 Å². The molecule has 0 saturated carbocycles. The molecule has 114 valence electrons. The van der Waals surface area contributed by atoms with Crippen molar-refractivity contribution in [2.75, 3.05) is 19.4 Å². The third kappa shape index (κ3) is 6.19. The highest BCUT2D eigenvalue weighted by atomic mass is 32.2. The fourth-order valence-electron chi connectivity index (χ4n) is 2.07. The van der Waals surface area contributed by atoms with Gasteiger partial charge in [-0.1, -0.05) is 39.0 Å². The molecule has 2 nitrogen and oxygen atoms in total. The minimum Gasteiger partial charge on any atom is -0.496 e. The Hall–Kier alpha value is -0.670. The van der Waals surface area contributed by atoms with E-state index in [0.717, 1.165) is 29.7 Å². The van der Waals surface area contributed by atoms with Crippen molar-refractivity contribution in [2.45, 2.75) is 51.3 Å². The topological polar surface area (TPSA) is 21.3 Å². The van der Waals surface area contributed by atoms with Crippen LogP contribution in [0.25, 0.3) is 0 Å². The molecule has 20 heavy (non-hydrogen) atoms. The van der Waals surface area contributed by atoms with Crippen LogP contribution in [0.3, 0.4) is 0 Å². The van der Waals surface area contributed by atoms with Gasteiger partial charge in [-0.3, -0.25) is 0 Å². The first-order valence-corrected chi connectivity index (χ1v) is 8.72. The predicted molar refractivity (Wildman–Crippen MR) is 91.0 cm³/mol. The molecule has 0 radical (unpaired) electrons. The molecule has 1 aromatic rings. The number of methoxy groups -OCH3 is 1. The van der Waals surface area contributed by atoms with Crippen LogP contribution in [0, 0.1) is 0 Å². The second-order valence-electron chi connectivity index (χ2n) is 5.22. The Balaban J connectivity index is 2.62. The van der Waals surface area contributed by atoms with E-state index in [-0.39, 0.29) is 0 Å². The first-order valence-electron chi connectivity index (χ1n) is 7.68. The number of ether oxygens (including phenoxy) is 1. The third-order valence-electron chi connectivity index (χ3n) is 3.50. The Morgan fingerprint density at radius 1 is 1.25 bits per heavy atom. The van der Waals surface area contributed by atoms with Crippen molar-refractivity contribution in [1.29, 1.82) is 0 Å². The molecule has 1 aromatic carbocycles. The fourth-order valence-corrected chi connectivity index (χ4v) is 3.11. The molecule has 3 heteroatoms. The Morgan fingerprint density at radius 2 is 2.00 bits per heavy atom. The smallest absolute Gasteiger partial charge is 0.122 e. The van der Waals surface area contributed by atoms with Gasteiger partial charge in [-0.05, 0) is 37.4 Å². The van der Waals surface area contributed by atoms with E-state index in [0.29, 0.717) is 6.04 Å². The largest absolute Gasteiger partial charge is 0.496 e. The van der Waals surface area contributed by atoms with Gasteiger partial charge in [-0.25, -0.2) is 0 Å². The quantitative estimate of drug-likeness (QED) is 0.701. The SMILES string of the molecule is CCCNC(CSC(C)CC)Cc1ccccc1OC. The van der Waals surface area contributed by atoms with Crippen LogP contribution < -0.4 is 10.1 Å². The van der Waals surface area contributed by atoms with Gasteiger partial charge in [0.2, 0.25) is 0 Å². The maximum atomic E-state index is 5.46. The Bertz CT molecular complexity index is 370. The van der Waals surface area contributed by atoms with Crippen LogP contribution in [0.2, 0.25) is 0 Å². The van der Waals surface area contributed by atoms with Crippen LogP contribution in [0.4, 0.5) is 0 Å². The van der Waals surface area contributed by atoms with Crippen molar-refractivity contribution in [2.24, 2.45) is 0 Å². The summed E-state index contributed by atoms with van der Waals surface area (Å²) in [4.78, 5) is 0. The van der Waals surface area contributed by atoms with Gasteiger partial charge in [-0.2, -0.15) is 11.8 Å². The lowest BCUT2D eigenvalue weighted by Crippen LogP contribution is -2.34. The van der Waals surface area contributed by atoms with Gasteiger partial charge in [0.25, 0.3) is 0 Å². The lowest BCUT2D eigenvalue weighted by molar-refractivity contribution is 0.406. The van der Waals surface area contributed by atoms with Crippen LogP contribution in [0.5, 0.6) is 5.75 Å². The lowest BCUT2D eigenvalue weighted by Gasteiger charge is -2.21. The molecule has 1 N–H and O–H groups in total. The molecular formula is C17H29NOS. The summed E-state index contributed by atoms with van der Waals surface area (Å²) >= 11 is 2.06. The van der Waals surface area contributed by atoms with Gasteiger partial charge in [0.15, 0.2) is 0 Å². The normalized spacial score (nSPS) is 14.0. The van der Waals surface area contributed by atoms with Gasteiger partial charge in [-0.15, -0.1) is 0 Å². The third-order valence-corrected chi connectivity index (χ3v) is 5.00. The molecule has 2 atom stereocenters. The predicted octanol–water partition coefficient (Wildman–Crippen LogP) is 4.14. The summed E-state index contributed by atoms with van der Waals surface area (Å²) in [6.07, 6.45) is 3.45. The van der Waals surface area contributed by atoms with Crippen molar-refractivity contribution in [3.63, 3.8) is 0 Å². The first-order chi connectivity index (χ1) is 9.71. The Morgan fingerprint density at radius 3 is 2.65 bits per heavy atom. The van der Waals surface area contributed by atoms with Crippen LogP contribution >= 0.6 is 11.8 Å². The maximum absolute atomic E-state index is 5.46. The Kier molecular flexibility index (Phi) is 8.79. The Labute approximate surface area is 128 Å². The van der Waals surface area contributed by atoms with Gasteiger partial charge in [0.1, 0.15) is 5.75 Å². The fraction of sp³-hybridized carbons (Fsp3) is 0.647. The molecule has 0 saturated heterocycles. The molecular weight excluding hydrogens is 266 g/mol. The zero-order chi connectivity index (χ0) is 14.8. The molecule has 1 rings (SSSR count). The van der Waals surface area contributed by atoms with Gasteiger partial charge < -0.3 is 10.1 Å². The summed E-state index contributed by atoms with van der Waals surface area (Å²) in [7, 11) is 1.75. The standard InChI is InChI=1S/C17H29NOS/c1-5-11-18-16(13-20-14(3)6-2)12-15-9-7-8-10-17(15)19-4/h7-10,14,16,18H,5-6,11-13H2,1-4H3. The first kappa shape index (κ1) is 17.4. The van der Waals surface area contributed by atoms with Crippen molar-refractivity contribution >= 4 is 11.8 Å². The highest BCUT2D eigenvalue weighted by Gasteiger charge is 2.13. The number of nitrogens with one attached hydrogen (secondary N) is 1. The second kappa shape index (κ2) is 10.1. The second-order valence-corrected chi connectivity index (χ2v) is 6.69. The van der Waals surface area contributed by atoms with E-state index >= 15 is 0 Å². The summed E-state index contributed by atoms with van der Waals surface area (Å²) in [5, 5.41) is 4.41. The van der Waals surface area contributed by atoms with Crippen LogP contribution in [0.15, 0.2) is 24.3 Å². The molecule has 0 aromatic heterocycles. The number of thioether (sulfide) groups is 1. The average molecular weight is 295 g/mol. The molecule has 0 fully saturated rings. The molecule has 0 aliphatic heterocycles. The molecule has 0 spiro atoms. The van der Waals surface area contributed by atoms with Crippen LogP contribution in [0.1, 0.15) is 39.2 Å². The number of hydrogen-bond acceptors (Lipinski definition) is 3. The highest BCUT2D eigenvalue weighted by Crippen LogP contribution is 2.21. The molecule has 0 heterocycles. The lowest BCUT2D eigenvalue weighted by atomic mass is 10.1. The van der Waals surface area contributed by atoms with E-state index in [4.69, 9.17) is 4.74 Å². The van der Waals surface area contributed by atoms with Crippen LogP contribution in [-0.4, -0.2) is 30.7 Å². The molecule has 2 unspecified atom stereocenters. The zero-order valence-corrected chi connectivity index (χ0v) is 14.1. The summed E-state index contributed by atoms with van der Waals surface area (Å²) in [6.45, 7) is 7.87. The van der Waals surface area contributed by atoms with E-state index < -0.39 is 0 Å². The zero-order valence-electron chi connectivity index (χ0n) is 13.3. The molecule has 0 bridgehead atoms. The maximum Gasteiger partial charge on any atom is 0.122 e. The number of rotatable bonds is 10. The summed E-state index contributed by atoms with van der Waals surface area (Å²) in [5.74, 6) is 2.16. The average Bonchev–Trinajstić information content (AvgIpc) is 2.49. The van der Waals surface area contributed by atoms with Gasteiger partial charge >= 0.3 is 0 Å². The van der Waals surface area contributed by atoms with Crippen molar-refractivity contribution in [1.82, 2.24) is 5.32 Å². The molecule has 0 aliphatic carbocycles. The van der Waals surface area contributed by atoms with Crippen molar-refractivity contribution in [3.8, 4) is 5.75 Å². The number of para-hydroxylation sites is 1. The minimum absolute atomic E-state index is 0.519. The molecule has 0 amide bonds. The molecule has 0 aliphatic rings. The highest BCUT2D eigenvalue weighted by molar-refractivity contribution is 7.99. The van der Waals surface area contributed by atoms with Gasteiger partial charge in [0, 0.05) is 17.0 Å². The number of benzene rings is 1. The van der Waals surface area contributed by atoms with E-state index in [9.17, 15) is 0 Å². The van der Waals surface area contributed by atoms with E-state index in [1.165, 1.54) is 18.4 Å². The summed E-state index contributed by atoms with van der Waals surface area (Å²) < 4.78 is 5.46. The number of hydrogen-bond donors (Lipinski definition) is 1. The van der Waals surface area contributed by atoms with E-state index in [2.05, 4.69) is 50.0 Å². The van der Waals surface area contributed by atoms with Gasteiger partial charge in [0.05, 0.1) is 7.11 Å². The van der Waals surface area contributed by atoms with E-state index in [1.54, 1.807) is 7.11 Å².